The molecule has 1 aliphatic rings. The van der Waals surface area contributed by atoms with Gasteiger partial charge in [0.1, 0.15) is 11.6 Å². The molecule has 1 aliphatic heterocycles. The third kappa shape index (κ3) is 3.00. The summed E-state index contributed by atoms with van der Waals surface area (Å²) in [7, 11) is 0. The lowest BCUT2D eigenvalue weighted by Crippen LogP contribution is -2.42. The molecule has 1 aromatic carbocycles. The summed E-state index contributed by atoms with van der Waals surface area (Å²) in [5, 5.41) is 0. The predicted molar refractivity (Wildman–Crippen MR) is 58.8 cm³/mol. The lowest BCUT2D eigenvalue weighted by atomic mass is 10.1. The molecule has 1 atom stereocenters. The third-order valence-electron chi connectivity index (χ3n) is 2.87. The zero-order valence-electron chi connectivity index (χ0n) is 9.13. The summed E-state index contributed by atoms with van der Waals surface area (Å²) in [5.41, 5.74) is 6.52. The first-order valence-electron chi connectivity index (χ1n) is 5.56. The van der Waals surface area contributed by atoms with E-state index in [2.05, 4.69) is 4.90 Å². The molecule has 0 amide bonds. The summed E-state index contributed by atoms with van der Waals surface area (Å²) in [4.78, 5) is 2.14. The maximum atomic E-state index is 13.0. The summed E-state index contributed by atoms with van der Waals surface area (Å²) in [6.45, 7) is 2.33. The first kappa shape index (κ1) is 11.5. The Hall–Kier alpha value is -1.00. The number of hydrogen-bond donors (Lipinski definition) is 1. The van der Waals surface area contributed by atoms with Gasteiger partial charge in [-0.1, -0.05) is 0 Å². The average molecular weight is 226 g/mol. The van der Waals surface area contributed by atoms with E-state index in [-0.39, 0.29) is 6.04 Å². The smallest absolute Gasteiger partial charge is 0.126 e. The van der Waals surface area contributed by atoms with E-state index in [4.69, 9.17) is 5.73 Å². The van der Waals surface area contributed by atoms with Crippen LogP contribution in [0.15, 0.2) is 18.2 Å². The molecule has 1 unspecified atom stereocenters. The number of nitrogens with two attached hydrogens (primary N) is 1. The standard InChI is InChI=1S/C12H16F2N2/c13-10-4-9(5-11(14)6-10)7-16-3-1-2-12(15)8-16/h4-6,12H,1-3,7-8,15H2. The second-order valence-corrected chi connectivity index (χ2v) is 4.42. The van der Waals surface area contributed by atoms with Crippen molar-refractivity contribution in [3.05, 3.63) is 35.4 Å². The highest BCUT2D eigenvalue weighted by molar-refractivity contribution is 5.17. The molecule has 2 N–H and O–H groups in total. The molecule has 4 heteroatoms. The first-order chi connectivity index (χ1) is 7.63. The van der Waals surface area contributed by atoms with E-state index in [1.165, 1.54) is 12.1 Å². The van der Waals surface area contributed by atoms with Crippen molar-refractivity contribution in [3.8, 4) is 0 Å². The van der Waals surface area contributed by atoms with E-state index in [1.54, 1.807) is 0 Å². The van der Waals surface area contributed by atoms with Gasteiger partial charge in [-0.05, 0) is 37.1 Å². The van der Waals surface area contributed by atoms with E-state index in [9.17, 15) is 8.78 Å². The molecule has 2 rings (SSSR count). The second kappa shape index (κ2) is 4.89. The van der Waals surface area contributed by atoms with Gasteiger partial charge in [0, 0.05) is 25.2 Å². The van der Waals surface area contributed by atoms with Gasteiger partial charge < -0.3 is 5.73 Å². The number of nitrogens with zero attached hydrogens (tertiary/aromatic N) is 1. The normalized spacial score (nSPS) is 22.3. The van der Waals surface area contributed by atoms with Crippen LogP contribution in [0.3, 0.4) is 0 Å². The Morgan fingerprint density at radius 2 is 1.94 bits per heavy atom. The summed E-state index contributed by atoms with van der Waals surface area (Å²) >= 11 is 0. The van der Waals surface area contributed by atoms with Crippen molar-refractivity contribution in [1.29, 1.82) is 0 Å². The Bertz CT molecular complexity index is 348. The molecule has 0 bridgehead atoms. The molecule has 0 aliphatic carbocycles. The van der Waals surface area contributed by atoms with Gasteiger partial charge in [0.15, 0.2) is 0 Å². The van der Waals surface area contributed by atoms with Crippen molar-refractivity contribution in [2.45, 2.75) is 25.4 Å². The van der Waals surface area contributed by atoms with Crippen LogP contribution in [0.4, 0.5) is 8.78 Å². The zero-order valence-corrected chi connectivity index (χ0v) is 9.13. The summed E-state index contributed by atoms with van der Waals surface area (Å²) < 4.78 is 26.0. The highest BCUT2D eigenvalue weighted by Gasteiger charge is 2.16. The molecule has 1 heterocycles. The largest absolute Gasteiger partial charge is 0.327 e. The lowest BCUT2D eigenvalue weighted by Gasteiger charge is -2.30. The molecule has 0 spiro atoms. The molecule has 88 valence electrons. The fourth-order valence-electron chi connectivity index (χ4n) is 2.20. The summed E-state index contributed by atoms with van der Waals surface area (Å²) in [5.74, 6) is -1.03. The Kier molecular flexibility index (Phi) is 3.51. The van der Waals surface area contributed by atoms with Gasteiger partial charge in [-0.25, -0.2) is 8.78 Å². The van der Waals surface area contributed by atoms with Gasteiger partial charge in [0.05, 0.1) is 0 Å². The van der Waals surface area contributed by atoms with Gasteiger partial charge in [0.2, 0.25) is 0 Å². The second-order valence-electron chi connectivity index (χ2n) is 4.42. The molecule has 2 nitrogen and oxygen atoms in total. The van der Waals surface area contributed by atoms with Crippen LogP contribution < -0.4 is 5.73 Å². The van der Waals surface area contributed by atoms with Crippen molar-refractivity contribution in [2.24, 2.45) is 5.73 Å². The van der Waals surface area contributed by atoms with Crippen LogP contribution in [0.2, 0.25) is 0 Å². The first-order valence-corrected chi connectivity index (χ1v) is 5.56. The quantitative estimate of drug-likeness (QED) is 0.834. The third-order valence-corrected chi connectivity index (χ3v) is 2.87. The predicted octanol–water partition coefficient (Wildman–Crippen LogP) is 1.89. The van der Waals surface area contributed by atoms with E-state index in [0.717, 1.165) is 32.0 Å². The van der Waals surface area contributed by atoms with Gasteiger partial charge in [-0.15, -0.1) is 0 Å². The van der Waals surface area contributed by atoms with Crippen molar-refractivity contribution in [2.75, 3.05) is 13.1 Å². The fraction of sp³-hybridized carbons (Fsp3) is 0.500. The number of halogens is 2. The SMILES string of the molecule is NC1CCCN(Cc2cc(F)cc(F)c2)C1. The molecule has 16 heavy (non-hydrogen) atoms. The fourth-order valence-corrected chi connectivity index (χ4v) is 2.20. The highest BCUT2D eigenvalue weighted by atomic mass is 19.1. The molecule has 0 radical (unpaired) electrons. The molecule has 1 saturated heterocycles. The van der Waals surface area contributed by atoms with E-state index >= 15 is 0 Å². The number of likely N-dealkylation sites (tertiary alicyclic amines) is 1. The maximum absolute atomic E-state index is 13.0. The molecule has 0 saturated carbocycles. The number of rotatable bonds is 2. The van der Waals surface area contributed by atoms with Crippen LogP contribution >= 0.6 is 0 Å². The van der Waals surface area contributed by atoms with Crippen LogP contribution in [-0.4, -0.2) is 24.0 Å². The number of benzene rings is 1. The topological polar surface area (TPSA) is 29.3 Å². The van der Waals surface area contributed by atoms with Crippen molar-refractivity contribution >= 4 is 0 Å². The number of piperidine rings is 1. The van der Waals surface area contributed by atoms with Crippen molar-refractivity contribution in [3.63, 3.8) is 0 Å². The lowest BCUT2D eigenvalue weighted by molar-refractivity contribution is 0.201. The van der Waals surface area contributed by atoms with Crippen LogP contribution in [0.5, 0.6) is 0 Å². The molecule has 1 fully saturated rings. The van der Waals surface area contributed by atoms with Crippen LogP contribution in [-0.2, 0) is 6.54 Å². The van der Waals surface area contributed by atoms with Crippen LogP contribution in [0, 0.1) is 11.6 Å². The molecule has 0 aromatic heterocycles. The summed E-state index contributed by atoms with van der Waals surface area (Å²) in [6.07, 6.45) is 2.09. The Labute approximate surface area is 94.0 Å². The van der Waals surface area contributed by atoms with Crippen molar-refractivity contribution < 1.29 is 8.78 Å². The Balaban J connectivity index is 2.02. The van der Waals surface area contributed by atoms with E-state index in [0.29, 0.717) is 12.1 Å². The molecule has 1 aromatic rings. The zero-order chi connectivity index (χ0) is 11.5. The molecular weight excluding hydrogens is 210 g/mol. The monoisotopic (exact) mass is 226 g/mol. The van der Waals surface area contributed by atoms with Crippen LogP contribution in [0.25, 0.3) is 0 Å². The van der Waals surface area contributed by atoms with Gasteiger partial charge >= 0.3 is 0 Å². The highest BCUT2D eigenvalue weighted by Crippen LogP contribution is 2.14. The number of hydrogen-bond acceptors (Lipinski definition) is 2. The minimum atomic E-state index is -0.517. The minimum Gasteiger partial charge on any atom is -0.327 e. The van der Waals surface area contributed by atoms with Crippen LogP contribution in [0.1, 0.15) is 18.4 Å². The molecular formula is C12H16F2N2. The van der Waals surface area contributed by atoms with Crippen molar-refractivity contribution in [1.82, 2.24) is 4.90 Å². The summed E-state index contributed by atoms with van der Waals surface area (Å²) in [6, 6.07) is 3.84. The average Bonchev–Trinajstić information content (AvgIpc) is 2.15. The van der Waals surface area contributed by atoms with E-state index < -0.39 is 11.6 Å². The van der Waals surface area contributed by atoms with Gasteiger partial charge in [-0.3, -0.25) is 4.90 Å². The Morgan fingerprint density at radius 3 is 2.56 bits per heavy atom. The Morgan fingerprint density at radius 1 is 1.25 bits per heavy atom. The minimum absolute atomic E-state index is 0.187. The maximum Gasteiger partial charge on any atom is 0.126 e. The van der Waals surface area contributed by atoms with Gasteiger partial charge in [-0.2, -0.15) is 0 Å². The van der Waals surface area contributed by atoms with E-state index in [1.807, 2.05) is 0 Å². The van der Waals surface area contributed by atoms with Gasteiger partial charge in [0.25, 0.3) is 0 Å².